The second kappa shape index (κ2) is 5.71. The highest BCUT2D eigenvalue weighted by atomic mass is 16.5. The topological polar surface area (TPSA) is 38.5 Å². The molecule has 112 valence electrons. The minimum atomic E-state index is 0.0119. The average Bonchev–Trinajstić information content (AvgIpc) is 2.41. The molecule has 0 aromatic rings. The molecule has 3 heteroatoms. The minimum absolute atomic E-state index is 0.0119. The maximum absolute atomic E-state index is 6.26. The summed E-state index contributed by atoms with van der Waals surface area (Å²) in [6, 6.07) is 0.666. The monoisotopic (exact) mass is 268 g/mol. The zero-order valence-electron chi connectivity index (χ0n) is 13.2. The van der Waals surface area contributed by atoms with E-state index in [0.29, 0.717) is 6.04 Å². The number of piperidine rings is 1. The summed E-state index contributed by atoms with van der Waals surface area (Å²) >= 11 is 0. The van der Waals surface area contributed by atoms with Crippen LogP contribution in [0.5, 0.6) is 0 Å². The molecule has 2 rings (SSSR count). The second-order valence-electron chi connectivity index (χ2n) is 7.19. The number of hydrogen-bond donors (Lipinski definition) is 1. The second-order valence-corrected chi connectivity index (χ2v) is 7.19. The Balaban J connectivity index is 2.21. The molecule has 4 atom stereocenters. The van der Waals surface area contributed by atoms with Gasteiger partial charge in [-0.1, -0.05) is 13.8 Å². The minimum Gasteiger partial charge on any atom is -0.375 e. The van der Waals surface area contributed by atoms with Crippen molar-refractivity contribution in [2.45, 2.75) is 77.0 Å². The molecule has 0 radical (unpaired) electrons. The standard InChI is InChI=1S/C16H32N2O/c1-5-15(4)11-16(12-17,8-9-19-15)18-10-13(2)6-7-14(18)3/h13-14H,5-12,17H2,1-4H3. The van der Waals surface area contributed by atoms with Crippen LogP contribution in [0.15, 0.2) is 0 Å². The van der Waals surface area contributed by atoms with E-state index in [1.165, 1.54) is 19.4 Å². The van der Waals surface area contributed by atoms with Gasteiger partial charge < -0.3 is 10.5 Å². The van der Waals surface area contributed by atoms with Gasteiger partial charge in [0.2, 0.25) is 0 Å². The van der Waals surface area contributed by atoms with Crippen LogP contribution in [-0.4, -0.2) is 41.8 Å². The quantitative estimate of drug-likeness (QED) is 0.855. The number of nitrogens with zero attached hydrogens (tertiary/aromatic N) is 1. The molecule has 0 aromatic carbocycles. The highest BCUT2D eigenvalue weighted by Crippen LogP contribution is 2.41. The average molecular weight is 268 g/mol. The largest absolute Gasteiger partial charge is 0.375 e. The highest BCUT2D eigenvalue weighted by Gasteiger charge is 2.47. The zero-order chi connectivity index (χ0) is 14.1. The summed E-state index contributed by atoms with van der Waals surface area (Å²) in [7, 11) is 0. The van der Waals surface area contributed by atoms with Gasteiger partial charge in [0.15, 0.2) is 0 Å². The van der Waals surface area contributed by atoms with E-state index in [4.69, 9.17) is 10.5 Å². The summed E-state index contributed by atoms with van der Waals surface area (Å²) in [5.74, 6) is 0.801. The van der Waals surface area contributed by atoms with Crippen LogP contribution in [0.3, 0.4) is 0 Å². The number of likely N-dealkylation sites (tertiary alicyclic amines) is 1. The molecule has 0 spiro atoms. The molecule has 19 heavy (non-hydrogen) atoms. The number of ether oxygens (including phenoxy) is 1. The van der Waals surface area contributed by atoms with Crippen LogP contribution >= 0.6 is 0 Å². The first-order chi connectivity index (χ1) is 8.95. The van der Waals surface area contributed by atoms with Gasteiger partial charge in [0, 0.05) is 31.3 Å². The van der Waals surface area contributed by atoms with Gasteiger partial charge >= 0.3 is 0 Å². The van der Waals surface area contributed by atoms with Crippen molar-refractivity contribution in [3.63, 3.8) is 0 Å². The molecule has 2 aliphatic rings. The van der Waals surface area contributed by atoms with Crippen LogP contribution in [0.2, 0.25) is 0 Å². The van der Waals surface area contributed by atoms with E-state index < -0.39 is 0 Å². The molecule has 2 heterocycles. The number of nitrogens with two attached hydrogens (primary N) is 1. The van der Waals surface area contributed by atoms with E-state index in [1.54, 1.807) is 0 Å². The van der Waals surface area contributed by atoms with Gasteiger partial charge in [-0.25, -0.2) is 0 Å². The van der Waals surface area contributed by atoms with Crippen LogP contribution in [0.1, 0.15) is 59.8 Å². The first-order valence-electron chi connectivity index (χ1n) is 8.05. The van der Waals surface area contributed by atoms with Crippen molar-refractivity contribution in [1.82, 2.24) is 4.90 Å². The fraction of sp³-hybridized carbons (Fsp3) is 1.00. The molecule has 0 amide bonds. The molecule has 0 bridgehead atoms. The van der Waals surface area contributed by atoms with Gasteiger partial charge in [-0.05, 0) is 51.9 Å². The molecule has 0 aliphatic carbocycles. The molecule has 3 nitrogen and oxygen atoms in total. The van der Waals surface area contributed by atoms with Gasteiger partial charge in [-0.2, -0.15) is 0 Å². The third-order valence-corrected chi connectivity index (χ3v) is 5.58. The SMILES string of the molecule is CCC1(C)CC(CN)(N2CC(C)CCC2C)CCO1. The van der Waals surface area contributed by atoms with E-state index in [9.17, 15) is 0 Å². The molecular formula is C16H32N2O. The number of hydrogen-bond acceptors (Lipinski definition) is 3. The molecule has 2 fully saturated rings. The van der Waals surface area contributed by atoms with Gasteiger partial charge in [-0.3, -0.25) is 4.90 Å². The first kappa shape index (κ1) is 15.3. The Morgan fingerprint density at radius 1 is 1.32 bits per heavy atom. The van der Waals surface area contributed by atoms with Gasteiger partial charge in [0.25, 0.3) is 0 Å². The summed E-state index contributed by atoms with van der Waals surface area (Å²) < 4.78 is 6.04. The van der Waals surface area contributed by atoms with E-state index in [0.717, 1.165) is 38.3 Å². The lowest BCUT2D eigenvalue weighted by Gasteiger charge is -2.55. The summed E-state index contributed by atoms with van der Waals surface area (Å²) in [5, 5.41) is 0. The molecule has 2 aliphatic heterocycles. The van der Waals surface area contributed by atoms with E-state index >= 15 is 0 Å². The van der Waals surface area contributed by atoms with E-state index in [1.807, 2.05) is 0 Å². The number of rotatable bonds is 3. The van der Waals surface area contributed by atoms with Crippen molar-refractivity contribution < 1.29 is 4.74 Å². The maximum atomic E-state index is 6.26. The molecule has 2 saturated heterocycles. The molecular weight excluding hydrogens is 236 g/mol. The van der Waals surface area contributed by atoms with Gasteiger partial charge in [-0.15, -0.1) is 0 Å². The van der Waals surface area contributed by atoms with Gasteiger partial charge in [0.05, 0.1) is 5.60 Å². The molecule has 0 aromatic heterocycles. The van der Waals surface area contributed by atoms with Crippen molar-refractivity contribution >= 4 is 0 Å². The normalized spacial score (nSPS) is 45.3. The lowest BCUT2D eigenvalue weighted by molar-refractivity contribution is -0.142. The van der Waals surface area contributed by atoms with Crippen molar-refractivity contribution in [3.05, 3.63) is 0 Å². The molecule has 2 N–H and O–H groups in total. The predicted octanol–water partition coefficient (Wildman–Crippen LogP) is 2.78. The Morgan fingerprint density at radius 3 is 2.68 bits per heavy atom. The molecule has 4 unspecified atom stereocenters. The highest BCUT2D eigenvalue weighted by molar-refractivity contribution is 5.03. The lowest BCUT2D eigenvalue weighted by Crippen LogP contribution is -2.64. The third kappa shape index (κ3) is 2.98. The van der Waals surface area contributed by atoms with Crippen molar-refractivity contribution in [1.29, 1.82) is 0 Å². The van der Waals surface area contributed by atoms with Crippen molar-refractivity contribution in [2.75, 3.05) is 19.7 Å². The van der Waals surface area contributed by atoms with E-state index in [-0.39, 0.29) is 11.1 Å². The fourth-order valence-corrected chi connectivity index (χ4v) is 4.04. The first-order valence-corrected chi connectivity index (χ1v) is 8.05. The zero-order valence-corrected chi connectivity index (χ0v) is 13.2. The van der Waals surface area contributed by atoms with Crippen molar-refractivity contribution in [2.24, 2.45) is 11.7 Å². The predicted molar refractivity (Wildman–Crippen MR) is 80.2 cm³/mol. The Kier molecular flexibility index (Phi) is 4.59. The van der Waals surface area contributed by atoms with Crippen LogP contribution in [0.4, 0.5) is 0 Å². The van der Waals surface area contributed by atoms with Crippen LogP contribution in [0.25, 0.3) is 0 Å². The lowest BCUT2D eigenvalue weighted by atomic mass is 9.75. The third-order valence-electron chi connectivity index (χ3n) is 5.58. The molecule has 0 saturated carbocycles. The van der Waals surface area contributed by atoms with Gasteiger partial charge in [0.1, 0.15) is 0 Å². The summed E-state index contributed by atoms with van der Waals surface area (Å²) in [6.07, 6.45) is 5.93. The van der Waals surface area contributed by atoms with E-state index in [2.05, 4.69) is 32.6 Å². The van der Waals surface area contributed by atoms with Crippen molar-refractivity contribution in [3.8, 4) is 0 Å². The summed E-state index contributed by atoms with van der Waals surface area (Å²) in [5.41, 5.74) is 6.43. The smallest absolute Gasteiger partial charge is 0.0670 e. The van der Waals surface area contributed by atoms with Crippen LogP contribution in [0, 0.1) is 5.92 Å². The Labute approximate surface area is 118 Å². The Morgan fingerprint density at radius 2 is 2.05 bits per heavy atom. The summed E-state index contributed by atoms with van der Waals surface area (Å²) in [6.45, 7) is 12.1. The summed E-state index contributed by atoms with van der Waals surface area (Å²) in [4.78, 5) is 2.72. The Bertz CT molecular complexity index is 309. The Hall–Kier alpha value is -0.120. The van der Waals surface area contributed by atoms with Crippen LogP contribution < -0.4 is 5.73 Å². The maximum Gasteiger partial charge on any atom is 0.0670 e. The van der Waals surface area contributed by atoms with Crippen LogP contribution in [-0.2, 0) is 4.74 Å². The fourth-order valence-electron chi connectivity index (χ4n) is 4.04.